The van der Waals surface area contributed by atoms with Crippen LogP contribution >= 0.6 is 15.9 Å². The summed E-state index contributed by atoms with van der Waals surface area (Å²) in [6, 6.07) is 9.41. The van der Waals surface area contributed by atoms with Gasteiger partial charge in [0.2, 0.25) is 0 Å². The maximum atomic E-state index is 12.0. The predicted octanol–water partition coefficient (Wildman–Crippen LogP) is 3.18. The van der Waals surface area contributed by atoms with Crippen molar-refractivity contribution in [2.24, 2.45) is 0 Å². The molecule has 0 saturated heterocycles. The number of halogens is 1. The van der Waals surface area contributed by atoms with Crippen molar-refractivity contribution in [2.75, 3.05) is 6.61 Å². The fraction of sp³-hybridized carbons (Fsp3) is 0.385. The highest BCUT2D eigenvalue weighted by atomic mass is 79.9. The number of nitrogens with zero attached hydrogens (tertiary/aromatic N) is 1. The molecule has 0 fully saturated rings. The van der Waals surface area contributed by atoms with Crippen molar-refractivity contribution < 1.29 is 9.53 Å². The standard InChI is InChI=1S/C13H14BrNO2/c1-3-17-12(16)13(2,8-9-15)10-4-6-11(14)7-5-10/h4-7H,3,8H2,1-2H3. The first-order valence-electron chi connectivity index (χ1n) is 5.35. The minimum absolute atomic E-state index is 0.105. The van der Waals surface area contributed by atoms with E-state index in [2.05, 4.69) is 15.9 Å². The Bertz CT molecular complexity index is 436. The molecule has 0 spiro atoms. The van der Waals surface area contributed by atoms with E-state index >= 15 is 0 Å². The van der Waals surface area contributed by atoms with E-state index in [9.17, 15) is 4.79 Å². The van der Waals surface area contributed by atoms with Crippen molar-refractivity contribution in [1.29, 1.82) is 5.26 Å². The first kappa shape index (κ1) is 13.7. The number of carbonyl (C=O) groups is 1. The number of rotatable bonds is 4. The van der Waals surface area contributed by atoms with Gasteiger partial charge in [-0.25, -0.2) is 0 Å². The Hall–Kier alpha value is -1.34. The van der Waals surface area contributed by atoms with Crippen molar-refractivity contribution in [3.8, 4) is 6.07 Å². The van der Waals surface area contributed by atoms with Crippen LogP contribution < -0.4 is 0 Å². The van der Waals surface area contributed by atoms with E-state index in [-0.39, 0.29) is 12.4 Å². The molecular weight excluding hydrogens is 282 g/mol. The van der Waals surface area contributed by atoms with Crippen molar-refractivity contribution >= 4 is 21.9 Å². The molecule has 3 nitrogen and oxygen atoms in total. The van der Waals surface area contributed by atoms with Gasteiger partial charge in [-0.1, -0.05) is 28.1 Å². The van der Waals surface area contributed by atoms with Crippen LogP contribution in [-0.2, 0) is 14.9 Å². The molecule has 0 heterocycles. The van der Waals surface area contributed by atoms with E-state index < -0.39 is 5.41 Å². The summed E-state index contributed by atoms with van der Waals surface area (Å²) in [5, 5.41) is 8.87. The van der Waals surface area contributed by atoms with Crippen molar-refractivity contribution in [3.63, 3.8) is 0 Å². The highest BCUT2D eigenvalue weighted by Gasteiger charge is 2.36. The van der Waals surface area contributed by atoms with E-state index in [4.69, 9.17) is 10.00 Å². The van der Waals surface area contributed by atoms with Gasteiger partial charge in [0.1, 0.15) is 5.41 Å². The molecule has 1 aromatic rings. The Morgan fingerprint density at radius 3 is 2.53 bits per heavy atom. The molecule has 4 heteroatoms. The molecule has 0 N–H and O–H groups in total. The molecule has 17 heavy (non-hydrogen) atoms. The average molecular weight is 296 g/mol. The molecule has 0 aliphatic heterocycles. The van der Waals surface area contributed by atoms with Crippen molar-refractivity contribution in [2.45, 2.75) is 25.7 Å². The molecule has 0 bridgehead atoms. The number of hydrogen-bond donors (Lipinski definition) is 0. The molecule has 1 unspecified atom stereocenters. The van der Waals surface area contributed by atoms with E-state index in [1.807, 2.05) is 30.3 Å². The number of nitriles is 1. The third-order valence-electron chi connectivity index (χ3n) is 2.64. The highest BCUT2D eigenvalue weighted by Crippen LogP contribution is 2.30. The zero-order chi connectivity index (χ0) is 12.9. The maximum absolute atomic E-state index is 12.0. The monoisotopic (exact) mass is 295 g/mol. The van der Waals surface area contributed by atoms with Crippen LogP contribution in [-0.4, -0.2) is 12.6 Å². The Morgan fingerprint density at radius 2 is 2.06 bits per heavy atom. The van der Waals surface area contributed by atoms with Gasteiger partial charge in [-0.15, -0.1) is 0 Å². The summed E-state index contributed by atoms with van der Waals surface area (Å²) >= 11 is 3.34. The van der Waals surface area contributed by atoms with Gasteiger partial charge in [-0.05, 0) is 31.5 Å². The number of hydrogen-bond acceptors (Lipinski definition) is 3. The second-order valence-electron chi connectivity index (χ2n) is 3.89. The van der Waals surface area contributed by atoms with Crippen LogP contribution in [0.3, 0.4) is 0 Å². The molecule has 1 rings (SSSR count). The van der Waals surface area contributed by atoms with Gasteiger partial charge < -0.3 is 4.74 Å². The SMILES string of the molecule is CCOC(=O)C(C)(CC#N)c1ccc(Br)cc1. The van der Waals surface area contributed by atoms with Crippen LogP contribution in [0, 0.1) is 11.3 Å². The number of ether oxygens (including phenoxy) is 1. The van der Waals surface area contributed by atoms with Crippen LogP contribution in [0.1, 0.15) is 25.8 Å². The topological polar surface area (TPSA) is 50.1 Å². The zero-order valence-electron chi connectivity index (χ0n) is 9.87. The molecule has 0 aliphatic rings. The van der Waals surface area contributed by atoms with Crippen molar-refractivity contribution in [1.82, 2.24) is 0 Å². The molecule has 1 aromatic carbocycles. The Morgan fingerprint density at radius 1 is 1.47 bits per heavy atom. The summed E-state index contributed by atoms with van der Waals surface area (Å²) in [6.07, 6.45) is 0.105. The first-order valence-corrected chi connectivity index (χ1v) is 6.14. The van der Waals surface area contributed by atoms with Crippen molar-refractivity contribution in [3.05, 3.63) is 34.3 Å². The minimum atomic E-state index is -0.897. The maximum Gasteiger partial charge on any atom is 0.317 e. The number of carbonyl (C=O) groups excluding carboxylic acids is 1. The molecule has 0 radical (unpaired) electrons. The quantitative estimate of drug-likeness (QED) is 0.802. The summed E-state index contributed by atoms with van der Waals surface area (Å²) < 4.78 is 5.98. The second-order valence-corrected chi connectivity index (χ2v) is 4.81. The molecular formula is C13H14BrNO2. The average Bonchev–Trinajstić information content (AvgIpc) is 2.30. The Labute approximate surface area is 110 Å². The fourth-order valence-electron chi connectivity index (χ4n) is 1.56. The zero-order valence-corrected chi connectivity index (χ0v) is 11.5. The molecule has 0 saturated carbocycles. The summed E-state index contributed by atoms with van der Waals surface area (Å²) in [7, 11) is 0. The van der Waals surface area contributed by atoms with Gasteiger partial charge in [0, 0.05) is 4.47 Å². The van der Waals surface area contributed by atoms with Crippen LogP contribution in [0.25, 0.3) is 0 Å². The molecule has 90 valence electrons. The van der Waals surface area contributed by atoms with Gasteiger partial charge in [-0.3, -0.25) is 4.79 Å². The van der Waals surface area contributed by atoms with E-state index in [1.54, 1.807) is 13.8 Å². The normalized spacial score (nSPS) is 13.5. The summed E-state index contributed by atoms with van der Waals surface area (Å²) in [5.74, 6) is -0.358. The Balaban J connectivity index is 3.11. The van der Waals surface area contributed by atoms with E-state index in [1.165, 1.54) is 0 Å². The van der Waals surface area contributed by atoms with Crippen LogP contribution in [0.5, 0.6) is 0 Å². The van der Waals surface area contributed by atoms with Gasteiger partial charge >= 0.3 is 5.97 Å². The third-order valence-corrected chi connectivity index (χ3v) is 3.17. The third kappa shape index (κ3) is 3.07. The van der Waals surface area contributed by atoms with E-state index in [0.29, 0.717) is 6.61 Å². The minimum Gasteiger partial charge on any atom is -0.465 e. The van der Waals surface area contributed by atoms with E-state index in [0.717, 1.165) is 10.0 Å². The Kier molecular flexibility index (Phi) is 4.71. The van der Waals surface area contributed by atoms with Gasteiger partial charge in [0.05, 0.1) is 19.1 Å². The number of esters is 1. The lowest BCUT2D eigenvalue weighted by Crippen LogP contribution is -2.34. The molecule has 1 atom stereocenters. The highest BCUT2D eigenvalue weighted by molar-refractivity contribution is 9.10. The lowest BCUT2D eigenvalue weighted by atomic mass is 9.80. The largest absolute Gasteiger partial charge is 0.465 e. The summed E-state index contributed by atoms with van der Waals surface area (Å²) in [5.41, 5.74) is -0.105. The molecule has 0 aliphatic carbocycles. The molecule has 0 amide bonds. The first-order chi connectivity index (χ1) is 8.04. The predicted molar refractivity (Wildman–Crippen MR) is 68.4 cm³/mol. The van der Waals surface area contributed by atoms with Gasteiger partial charge in [0.25, 0.3) is 0 Å². The fourth-order valence-corrected chi connectivity index (χ4v) is 1.82. The lowest BCUT2D eigenvalue weighted by Gasteiger charge is -2.25. The number of benzene rings is 1. The van der Waals surface area contributed by atoms with Gasteiger partial charge in [0.15, 0.2) is 0 Å². The van der Waals surface area contributed by atoms with Crippen LogP contribution in [0.4, 0.5) is 0 Å². The summed E-state index contributed by atoms with van der Waals surface area (Å²) in [6.45, 7) is 3.81. The van der Waals surface area contributed by atoms with Crippen LogP contribution in [0.2, 0.25) is 0 Å². The molecule has 0 aromatic heterocycles. The smallest absolute Gasteiger partial charge is 0.317 e. The lowest BCUT2D eigenvalue weighted by molar-refractivity contribution is -0.149. The van der Waals surface area contributed by atoms with Gasteiger partial charge in [-0.2, -0.15) is 5.26 Å². The second kappa shape index (κ2) is 5.83. The summed E-state index contributed by atoms with van der Waals surface area (Å²) in [4.78, 5) is 12.0. The van der Waals surface area contributed by atoms with Crippen LogP contribution in [0.15, 0.2) is 28.7 Å².